The van der Waals surface area contributed by atoms with E-state index in [0.717, 1.165) is 51.4 Å². The summed E-state index contributed by atoms with van der Waals surface area (Å²) in [5.74, 6) is 0.342. The summed E-state index contributed by atoms with van der Waals surface area (Å²) < 4.78 is 26.3. The molecule has 8 aliphatic heterocycles. The zero-order chi connectivity index (χ0) is 34.8. The maximum Gasteiger partial charge on any atom is 0.201 e. The molecule has 8 saturated heterocycles. The van der Waals surface area contributed by atoms with E-state index in [1.807, 2.05) is 13.8 Å². The fraction of sp³-hybridized carbons (Fsp3) is 0.800. The Labute approximate surface area is 295 Å². The SMILES string of the molecule is C[C@@H]1CC[C@H]2[C@@H](C)C(CC(=O)c3ccc(C(=O)CC4O[C@@H]5OC6(C)CC[C@H]7[C@H](C)CC[C@@H]([C@H]4C)C57OO6)cc3)O[C@@H]3OC4(C)CC[C@@H]1C32OO4. The minimum atomic E-state index is -0.850. The molecule has 10 nitrogen and oxygen atoms in total. The number of benzene rings is 1. The van der Waals surface area contributed by atoms with Crippen LogP contribution in [0.15, 0.2) is 24.3 Å². The molecular formula is C40H54O10. The van der Waals surface area contributed by atoms with Crippen LogP contribution in [0.4, 0.5) is 0 Å². The van der Waals surface area contributed by atoms with Crippen LogP contribution in [-0.4, -0.2) is 59.1 Å². The van der Waals surface area contributed by atoms with Crippen LogP contribution in [0.25, 0.3) is 0 Å². The summed E-state index contributed by atoms with van der Waals surface area (Å²) in [4.78, 5) is 51.9. The average molecular weight is 695 g/mol. The lowest BCUT2D eigenvalue weighted by molar-refractivity contribution is -0.571. The van der Waals surface area contributed by atoms with Crippen molar-refractivity contribution in [1.82, 2.24) is 0 Å². The molecule has 2 aliphatic carbocycles. The Hall–Kier alpha value is -1.76. The number of fused-ring (bicyclic) bond motifs is 4. The quantitative estimate of drug-likeness (QED) is 0.222. The second-order valence-corrected chi connectivity index (χ2v) is 17.7. The van der Waals surface area contributed by atoms with Crippen molar-refractivity contribution in [3.8, 4) is 0 Å². The van der Waals surface area contributed by atoms with Gasteiger partial charge in [0.05, 0.1) is 12.2 Å². The van der Waals surface area contributed by atoms with E-state index in [0.29, 0.717) is 23.0 Å². The van der Waals surface area contributed by atoms with Crippen LogP contribution in [0.1, 0.15) is 126 Å². The smallest absolute Gasteiger partial charge is 0.201 e. The number of ketones is 2. The summed E-state index contributed by atoms with van der Waals surface area (Å²) in [5.41, 5.74) is -0.149. The highest BCUT2D eigenvalue weighted by molar-refractivity contribution is 5.99. The van der Waals surface area contributed by atoms with Gasteiger partial charge in [-0.1, -0.05) is 52.0 Å². The largest absolute Gasteiger partial charge is 0.345 e. The van der Waals surface area contributed by atoms with Gasteiger partial charge in [-0.25, -0.2) is 19.6 Å². The van der Waals surface area contributed by atoms with Crippen molar-refractivity contribution in [2.75, 3.05) is 0 Å². The van der Waals surface area contributed by atoms with E-state index < -0.39 is 35.4 Å². The molecule has 10 heteroatoms. The van der Waals surface area contributed by atoms with Gasteiger partial charge in [-0.2, -0.15) is 0 Å². The topological polar surface area (TPSA) is 108 Å². The summed E-state index contributed by atoms with van der Waals surface area (Å²) in [6.07, 6.45) is 6.38. The molecule has 8 heterocycles. The van der Waals surface area contributed by atoms with Gasteiger partial charge in [0.1, 0.15) is 0 Å². The number of carbonyl (C=O) groups is 2. The third-order valence-electron chi connectivity index (χ3n) is 14.9. The van der Waals surface area contributed by atoms with Gasteiger partial charge in [-0.05, 0) is 87.9 Å². The Morgan fingerprint density at radius 3 is 1.38 bits per heavy atom. The molecule has 0 amide bonds. The Kier molecular flexibility index (Phi) is 8.08. The van der Waals surface area contributed by atoms with Crippen molar-refractivity contribution in [1.29, 1.82) is 0 Å². The number of Topliss-reactive ketones (excluding diaryl/α,β-unsaturated/α-hetero) is 2. The molecule has 2 spiro atoms. The highest BCUT2D eigenvalue weighted by atomic mass is 17.3. The molecule has 10 fully saturated rings. The third kappa shape index (κ3) is 4.95. The molecule has 0 radical (unpaired) electrons. The molecule has 1 aromatic carbocycles. The molecular weight excluding hydrogens is 640 g/mol. The van der Waals surface area contributed by atoms with Crippen LogP contribution in [0.5, 0.6) is 0 Å². The first kappa shape index (κ1) is 34.0. The van der Waals surface area contributed by atoms with E-state index in [4.69, 9.17) is 38.5 Å². The first-order valence-electron chi connectivity index (χ1n) is 19.4. The molecule has 50 heavy (non-hydrogen) atoms. The summed E-state index contributed by atoms with van der Waals surface area (Å²) >= 11 is 0. The number of hydrogen-bond acceptors (Lipinski definition) is 10. The van der Waals surface area contributed by atoms with Gasteiger partial charge in [-0.15, -0.1) is 0 Å². The standard InChI is InChI=1S/C40H54O10/c1-21-7-13-29-23(3)33(43-35-39(29)27(21)15-17-37(5,45-35)47-49-39)19-31(41)25-9-11-26(12-10-25)32(42)20-34-24(4)30-14-8-22(2)28-16-18-38(6)46-36(44-34)40(28,30)50-48-38/h9-12,21-24,27-30,33-36H,7-8,13-20H2,1-6H3/t21-,22-,23-,24-,27+,28+,29+,30+,33?,34?,35-,36-,37?,38?,39?,40?/m1/s1. The van der Waals surface area contributed by atoms with Crippen molar-refractivity contribution in [2.24, 2.45) is 47.3 Å². The zero-order valence-electron chi connectivity index (χ0n) is 30.4. The van der Waals surface area contributed by atoms with Crippen LogP contribution >= 0.6 is 0 Å². The molecule has 1 aromatic rings. The predicted molar refractivity (Wildman–Crippen MR) is 178 cm³/mol. The molecule has 16 atom stereocenters. The molecule has 4 bridgehead atoms. The lowest BCUT2D eigenvalue weighted by Gasteiger charge is -2.60. The fourth-order valence-corrected chi connectivity index (χ4v) is 11.9. The highest BCUT2D eigenvalue weighted by Crippen LogP contribution is 2.62. The molecule has 6 unspecified atom stereocenters. The summed E-state index contributed by atoms with van der Waals surface area (Å²) in [5, 5.41) is 0. The van der Waals surface area contributed by atoms with Crippen LogP contribution < -0.4 is 0 Å². The van der Waals surface area contributed by atoms with Gasteiger partial charge in [0, 0.05) is 48.6 Å². The highest BCUT2D eigenvalue weighted by Gasteiger charge is 2.71. The minimum Gasteiger partial charge on any atom is -0.345 e. The minimum absolute atomic E-state index is 0.00779. The first-order chi connectivity index (χ1) is 23.9. The maximum atomic E-state index is 13.7. The Morgan fingerprint density at radius 1 is 0.580 bits per heavy atom. The number of hydrogen-bond donors (Lipinski definition) is 0. The number of carbonyl (C=O) groups excluding carboxylic acids is 2. The van der Waals surface area contributed by atoms with Crippen molar-refractivity contribution < 1.29 is 48.1 Å². The summed E-state index contributed by atoms with van der Waals surface area (Å²) in [7, 11) is 0. The Bertz CT molecular complexity index is 1400. The second kappa shape index (κ2) is 11.9. The van der Waals surface area contributed by atoms with E-state index in [1.54, 1.807) is 24.3 Å². The average Bonchev–Trinajstić information content (AvgIpc) is 3.47. The van der Waals surface area contributed by atoms with Gasteiger partial charge in [-0.3, -0.25) is 9.59 Å². The van der Waals surface area contributed by atoms with Gasteiger partial charge in [0.25, 0.3) is 0 Å². The molecule has 274 valence electrons. The molecule has 0 N–H and O–H groups in total. The van der Waals surface area contributed by atoms with Gasteiger partial charge in [0.2, 0.25) is 11.6 Å². The number of rotatable bonds is 6. The van der Waals surface area contributed by atoms with Gasteiger partial charge >= 0.3 is 0 Å². The van der Waals surface area contributed by atoms with Crippen molar-refractivity contribution in [3.63, 3.8) is 0 Å². The first-order valence-corrected chi connectivity index (χ1v) is 19.4. The molecule has 11 rings (SSSR count). The van der Waals surface area contributed by atoms with Crippen LogP contribution in [0, 0.1) is 47.3 Å². The second-order valence-electron chi connectivity index (χ2n) is 17.7. The van der Waals surface area contributed by atoms with Crippen molar-refractivity contribution in [3.05, 3.63) is 35.4 Å². The third-order valence-corrected chi connectivity index (χ3v) is 14.9. The summed E-state index contributed by atoms with van der Waals surface area (Å²) in [6, 6.07) is 7.10. The zero-order valence-corrected chi connectivity index (χ0v) is 30.4. The van der Waals surface area contributed by atoms with Crippen molar-refractivity contribution in [2.45, 2.75) is 153 Å². The molecule has 0 aromatic heterocycles. The lowest BCUT2D eigenvalue weighted by Crippen LogP contribution is -2.70. The fourth-order valence-electron chi connectivity index (χ4n) is 11.9. The predicted octanol–water partition coefficient (Wildman–Crippen LogP) is 7.33. The van der Waals surface area contributed by atoms with E-state index in [2.05, 4.69) is 27.7 Å². The summed E-state index contributed by atoms with van der Waals surface area (Å²) in [6.45, 7) is 12.8. The van der Waals surface area contributed by atoms with Crippen LogP contribution in [-0.2, 0) is 38.5 Å². The Morgan fingerprint density at radius 2 is 0.980 bits per heavy atom. The van der Waals surface area contributed by atoms with E-state index in [1.165, 1.54) is 0 Å². The Balaban J connectivity index is 0.878. The van der Waals surface area contributed by atoms with Gasteiger partial charge < -0.3 is 18.9 Å². The van der Waals surface area contributed by atoms with E-state index in [9.17, 15) is 9.59 Å². The number of ether oxygens (including phenoxy) is 4. The normalized spacial score (nSPS) is 52.0. The van der Waals surface area contributed by atoms with E-state index in [-0.39, 0.29) is 72.1 Å². The lowest BCUT2D eigenvalue weighted by atomic mass is 9.57. The van der Waals surface area contributed by atoms with Gasteiger partial charge in [0.15, 0.2) is 35.3 Å². The van der Waals surface area contributed by atoms with Crippen LogP contribution in [0.3, 0.4) is 0 Å². The monoisotopic (exact) mass is 694 g/mol. The molecule has 10 aliphatic rings. The maximum absolute atomic E-state index is 13.7. The van der Waals surface area contributed by atoms with Crippen LogP contribution in [0.2, 0.25) is 0 Å². The van der Waals surface area contributed by atoms with Crippen molar-refractivity contribution >= 4 is 11.6 Å². The molecule has 2 saturated carbocycles. The van der Waals surface area contributed by atoms with E-state index >= 15 is 0 Å².